The maximum Gasteiger partial charge on any atom is 0.200 e. The van der Waals surface area contributed by atoms with E-state index in [-0.39, 0.29) is 96.2 Å². The summed E-state index contributed by atoms with van der Waals surface area (Å²) in [6, 6.07) is 24.5. The lowest BCUT2D eigenvalue weighted by molar-refractivity contribution is 0.0997. The van der Waals surface area contributed by atoms with Crippen LogP contribution in [0.15, 0.2) is 97.1 Å². The molecule has 0 radical (unpaired) electrons. The number of aryl methyl sites for hydroxylation is 2. The Bertz CT molecular complexity index is 2430. The standard InChI is InChI=1S/C46H30Cl8O5/c1-3-9-23-19-21-33(41(45(57)39-29(51)15-7-16-30(39)52)35(23)43(55)37-25(47)11-5-12-26(37)48)59-34-22-20-24(10-4-2)36(44(56)38-27(49)13-6-14-28(38)50)42(34)46(58)40-31(53)17-8-18-32(40)54/h5-8,11-22H,3-4,9-10H2,1-2H3. The molecule has 0 heterocycles. The van der Waals surface area contributed by atoms with Gasteiger partial charge in [0.2, 0.25) is 11.6 Å². The molecule has 0 aliphatic rings. The van der Waals surface area contributed by atoms with Crippen LogP contribution in [0.5, 0.6) is 11.5 Å². The van der Waals surface area contributed by atoms with Gasteiger partial charge in [0.15, 0.2) is 11.6 Å². The maximum absolute atomic E-state index is 15.0. The van der Waals surface area contributed by atoms with Crippen molar-refractivity contribution in [3.8, 4) is 11.5 Å². The minimum Gasteiger partial charge on any atom is -0.456 e. The molecule has 59 heavy (non-hydrogen) atoms. The lowest BCUT2D eigenvalue weighted by Gasteiger charge is -2.22. The topological polar surface area (TPSA) is 77.5 Å². The van der Waals surface area contributed by atoms with Gasteiger partial charge in [-0.25, -0.2) is 0 Å². The van der Waals surface area contributed by atoms with Crippen molar-refractivity contribution in [1.82, 2.24) is 0 Å². The molecule has 0 saturated heterocycles. The predicted octanol–water partition coefficient (Wildman–Crippen LogP) is 15.5. The molecule has 13 heteroatoms. The molecule has 0 aliphatic carbocycles. The van der Waals surface area contributed by atoms with E-state index in [4.69, 9.17) is 97.5 Å². The van der Waals surface area contributed by atoms with Crippen LogP contribution in [-0.2, 0) is 12.8 Å². The van der Waals surface area contributed by atoms with E-state index in [2.05, 4.69) is 0 Å². The van der Waals surface area contributed by atoms with Crippen LogP contribution < -0.4 is 4.74 Å². The number of rotatable bonds is 14. The Kier molecular flexibility index (Phi) is 14.6. The van der Waals surface area contributed by atoms with Crippen molar-refractivity contribution in [3.05, 3.63) is 193 Å². The average molecular weight is 946 g/mol. The second-order valence-electron chi connectivity index (χ2n) is 13.3. The average Bonchev–Trinajstić information content (AvgIpc) is 3.18. The van der Waals surface area contributed by atoms with Crippen molar-refractivity contribution in [2.24, 2.45) is 0 Å². The van der Waals surface area contributed by atoms with Crippen LogP contribution in [-0.4, -0.2) is 23.1 Å². The third-order valence-electron chi connectivity index (χ3n) is 9.43. The van der Waals surface area contributed by atoms with E-state index in [1.807, 2.05) is 13.8 Å². The number of hydrogen-bond donors (Lipinski definition) is 0. The molecule has 6 aromatic rings. The van der Waals surface area contributed by atoms with Crippen LogP contribution >= 0.6 is 92.8 Å². The van der Waals surface area contributed by atoms with Gasteiger partial charge in [0, 0.05) is 11.1 Å². The molecule has 5 nitrogen and oxygen atoms in total. The number of ketones is 4. The quantitative estimate of drug-likeness (QED) is 0.102. The molecule has 6 rings (SSSR count). The Hall–Kier alpha value is -3.88. The first-order chi connectivity index (χ1) is 28.2. The van der Waals surface area contributed by atoms with Crippen molar-refractivity contribution in [2.45, 2.75) is 39.5 Å². The zero-order valence-electron chi connectivity index (χ0n) is 31.1. The molecule has 300 valence electrons. The molecule has 6 aromatic carbocycles. The number of ether oxygens (including phenoxy) is 1. The molecule has 0 saturated carbocycles. The van der Waals surface area contributed by atoms with Crippen LogP contribution in [0.25, 0.3) is 0 Å². The Balaban J connectivity index is 1.73. The third-order valence-corrected chi connectivity index (χ3v) is 12.0. The molecular formula is C46H30Cl8O5. The van der Waals surface area contributed by atoms with Gasteiger partial charge in [-0.05, 0) is 84.6 Å². The summed E-state index contributed by atoms with van der Waals surface area (Å²) in [5.41, 5.74) is -0.0620. The van der Waals surface area contributed by atoms with Crippen LogP contribution in [0.1, 0.15) is 102 Å². The molecule has 0 aromatic heterocycles. The minimum atomic E-state index is -0.774. The Labute approximate surface area is 381 Å². The summed E-state index contributed by atoms with van der Waals surface area (Å²) in [6.07, 6.45) is 1.84. The summed E-state index contributed by atoms with van der Waals surface area (Å²) in [4.78, 5) is 59.7. The fraction of sp³-hybridized carbons (Fsp3) is 0.130. The van der Waals surface area contributed by atoms with Gasteiger partial charge in [0.1, 0.15) is 11.5 Å². The Morgan fingerprint density at radius 3 is 0.831 bits per heavy atom. The smallest absolute Gasteiger partial charge is 0.200 e. The molecule has 0 bridgehead atoms. The van der Waals surface area contributed by atoms with E-state index in [1.54, 1.807) is 36.4 Å². The Morgan fingerprint density at radius 2 is 0.593 bits per heavy atom. The number of hydrogen-bond acceptors (Lipinski definition) is 5. The number of benzene rings is 6. The molecule has 0 amide bonds. The van der Waals surface area contributed by atoms with E-state index in [9.17, 15) is 9.59 Å². The molecule has 0 aliphatic heterocycles. The van der Waals surface area contributed by atoms with E-state index in [0.717, 1.165) is 0 Å². The molecule has 0 unspecified atom stereocenters. The lowest BCUT2D eigenvalue weighted by Crippen LogP contribution is -2.19. The minimum absolute atomic E-state index is 0.00108. The fourth-order valence-corrected chi connectivity index (χ4v) is 9.10. The van der Waals surface area contributed by atoms with E-state index < -0.39 is 23.1 Å². The van der Waals surface area contributed by atoms with E-state index in [0.29, 0.717) is 36.8 Å². The first-order valence-corrected chi connectivity index (χ1v) is 21.2. The zero-order chi connectivity index (χ0) is 42.7. The van der Waals surface area contributed by atoms with Crippen molar-refractivity contribution >= 4 is 116 Å². The second-order valence-corrected chi connectivity index (χ2v) is 16.5. The first kappa shape index (κ1) is 44.7. The summed E-state index contributed by atoms with van der Waals surface area (Å²) in [5, 5.41) is 0.182. The highest BCUT2D eigenvalue weighted by atomic mass is 35.5. The summed E-state index contributed by atoms with van der Waals surface area (Å²) in [5.74, 6) is -3.28. The monoisotopic (exact) mass is 942 g/mol. The maximum atomic E-state index is 15.0. The molecule has 0 atom stereocenters. The van der Waals surface area contributed by atoms with Gasteiger partial charge in [0.05, 0.1) is 73.6 Å². The summed E-state index contributed by atoms with van der Waals surface area (Å²) in [6.45, 7) is 3.82. The van der Waals surface area contributed by atoms with Crippen molar-refractivity contribution in [1.29, 1.82) is 0 Å². The number of carbonyl (C=O) groups excluding carboxylic acids is 4. The van der Waals surface area contributed by atoms with Crippen LogP contribution in [0.4, 0.5) is 0 Å². The molecular weight excluding hydrogens is 916 g/mol. The van der Waals surface area contributed by atoms with Crippen LogP contribution in [0, 0.1) is 0 Å². The van der Waals surface area contributed by atoms with E-state index in [1.165, 1.54) is 60.7 Å². The van der Waals surface area contributed by atoms with Gasteiger partial charge in [-0.3, -0.25) is 19.2 Å². The normalized spacial score (nSPS) is 11.1. The highest BCUT2D eigenvalue weighted by Gasteiger charge is 2.34. The summed E-state index contributed by atoms with van der Waals surface area (Å²) >= 11 is 52.9. The van der Waals surface area contributed by atoms with Crippen molar-refractivity contribution in [3.63, 3.8) is 0 Å². The van der Waals surface area contributed by atoms with Crippen molar-refractivity contribution in [2.75, 3.05) is 0 Å². The number of carbonyl (C=O) groups is 4. The zero-order valence-corrected chi connectivity index (χ0v) is 37.2. The molecule has 0 fully saturated rings. The van der Waals surface area contributed by atoms with Crippen LogP contribution in [0.2, 0.25) is 40.2 Å². The summed E-state index contributed by atoms with van der Waals surface area (Å²) in [7, 11) is 0. The lowest BCUT2D eigenvalue weighted by atomic mass is 9.86. The highest BCUT2D eigenvalue weighted by molar-refractivity contribution is 6.45. The van der Waals surface area contributed by atoms with Gasteiger partial charge in [0.25, 0.3) is 0 Å². The second kappa shape index (κ2) is 19.2. The van der Waals surface area contributed by atoms with Crippen molar-refractivity contribution < 1.29 is 23.9 Å². The highest BCUT2D eigenvalue weighted by Crippen LogP contribution is 2.43. The molecule has 0 spiro atoms. The fourth-order valence-electron chi connectivity index (χ4n) is 6.83. The van der Waals surface area contributed by atoms with Gasteiger partial charge in [-0.15, -0.1) is 0 Å². The van der Waals surface area contributed by atoms with E-state index >= 15 is 9.59 Å². The number of halogens is 8. The Morgan fingerprint density at radius 1 is 0.356 bits per heavy atom. The first-order valence-electron chi connectivity index (χ1n) is 18.2. The van der Waals surface area contributed by atoms with Gasteiger partial charge in [-0.1, -0.05) is 156 Å². The SMILES string of the molecule is CCCc1ccc(Oc2ccc(CCC)c(C(=O)c3c(Cl)cccc3Cl)c2C(=O)c2c(Cl)cccc2Cl)c(C(=O)c2c(Cl)cccc2Cl)c1C(=O)c1c(Cl)cccc1Cl. The third kappa shape index (κ3) is 8.96. The van der Waals surface area contributed by atoms with Crippen LogP contribution in [0.3, 0.4) is 0 Å². The largest absolute Gasteiger partial charge is 0.456 e. The van der Waals surface area contributed by atoms with Gasteiger partial charge >= 0.3 is 0 Å². The van der Waals surface area contributed by atoms with Gasteiger partial charge < -0.3 is 4.74 Å². The molecule has 0 N–H and O–H groups in total. The summed E-state index contributed by atoms with van der Waals surface area (Å²) < 4.78 is 6.68. The predicted molar refractivity (Wildman–Crippen MR) is 241 cm³/mol. The van der Waals surface area contributed by atoms with Gasteiger partial charge in [-0.2, -0.15) is 0 Å².